The molecule has 0 radical (unpaired) electrons. The van der Waals surface area contributed by atoms with E-state index in [1.54, 1.807) is 0 Å². The Morgan fingerprint density at radius 2 is 1.83 bits per heavy atom. The minimum absolute atomic E-state index is 0.168. The molecule has 0 aromatic heterocycles. The summed E-state index contributed by atoms with van der Waals surface area (Å²) >= 11 is 0. The lowest BCUT2D eigenvalue weighted by Gasteiger charge is -2.36. The molecule has 162 valence electrons. The first kappa shape index (κ1) is 21.7. The lowest BCUT2D eigenvalue weighted by Crippen LogP contribution is -2.40. The summed E-state index contributed by atoms with van der Waals surface area (Å²) in [5, 5.41) is 13.1. The fourth-order valence-electron chi connectivity index (χ4n) is 4.08. The van der Waals surface area contributed by atoms with Crippen molar-refractivity contribution >= 4 is 29.0 Å². The van der Waals surface area contributed by atoms with E-state index in [0.717, 1.165) is 25.3 Å². The van der Waals surface area contributed by atoms with E-state index in [4.69, 9.17) is 4.74 Å². The van der Waals surface area contributed by atoms with E-state index in [0.29, 0.717) is 25.0 Å². The van der Waals surface area contributed by atoms with Gasteiger partial charge in [0.25, 0.3) is 11.6 Å². The normalized spacial score (nSPS) is 23.6. The highest BCUT2D eigenvalue weighted by Gasteiger charge is 2.42. The summed E-state index contributed by atoms with van der Waals surface area (Å²) in [6.45, 7) is -0.739. The molecule has 11 heteroatoms. The fourth-order valence-corrected chi connectivity index (χ4v) is 4.08. The quantitative estimate of drug-likeness (QED) is 0.436. The molecule has 0 heterocycles. The van der Waals surface area contributed by atoms with Crippen molar-refractivity contribution in [1.29, 1.82) is 0 Å². The van der Waals surface area contributed by atoms with Gasteiger partial charge in [-0.1, -0.05) is 6.42 Å². The van der Waals surface area contributed by atoms with Gasteiger partial charge in [-0.15, -0.1) is 0 Å². The minimum atomic E-state index is -4.78. The van der Waals surface area contributed by atoms with E-state index in [2.05, 4.69) is 5.32 Å². The van der Waals surface area contributed by atoms with E-state index >= 15 is 0 Å². The standard InChI is InChI=1S/C19H19F3N2O6/c20-19(21,22)13-4-5-14(15(8-13)24(28)29)23-16(25)9-30-18(27)12-6-10-2-1-3-11(7-12)17(10)26/h4-5,8,10-12H,1-3,6-7,9H2,(H,23,25)/t10-,11-/m1/s1. The largest absolute Gasteiger partial charge is 0.455 e. The fraction of sp³-hybridized carbons (Fsp3) is 0.526. The second-order valence-corrected chi connectivity index (χ2v) is 7.54. The maximum atomic E-state index is 12.7. The van der Waals surface area contributed by atoms with E-state index in [1.807, 2.05) is 0 Å². The Bertz CT molecular complexity index is 870. The van der Waals surface area contributed by atoms with Gasteiger partial charge in [-0.2, -0.15) is 13.2 Å². The van der Waals surface area contributed by atoms with Crippen molar-refractivity contribution < 1.29 is 37.2 Å². The summed E-state index contributed by atoms with van der Waals surface area (Å²) in [6.07, 6.45) is -1.62. The van der Waals surface area contributed by atoms with Crippen molar-refractivity contribution in [3.8, 4) is 0 Å². The van der Waals surface area contributed by atoms with Crippen LogP contribution < -0.4 is 5.32 Å². The Morgan fingerprint density at radius 1 is 1.20 bits per heavy atom. The van der Waals surface area contributed by atoms with Gasteiger partial charge in [0, 0.05) is 17.9 Å². The molecule has 0 spiro atoms. The van der Waals surface area contributed by atoms with Crippen molar-refractivity contribution in [2.75, 3.05) is 11.9 Å². The number of benzene rings is 1. The molecule has 30 heavy (non-hydrogen) atoms. The van der Waals surface area contributed by atoms with Crippen LogP contribution in [0.4, 0.5) is 24.5 Å². The maximum Gasteiger partial charge on any atom is 0.416 e. The van der Waals surface area contributed by atoms with E-state index < -0.39 is 52.4 Å². The van der Waals surface area contributed by atoms with Crippen LogP contribution in [0, 0.1) is 27.9 Å². The van der Waals surface area contributed by atoms with Crippen molar-refractivity contribution in [3.63, 3.8) is 0 Å². The topological polar surface area (TPSA) is 116 Å². The summed E-state index contributed by atoms with van der Waals surface area (Å²) in [4.78, 5) is 46.4. The molecular formula is C19H19F3N2O6. The number of nitro benzene ring substituents is 1. The average molecular weight is 428 g/mol. The number of fused-ring (bicyclic) bond motifs is 2. The molecule has 2 aliphatic rings. The number of halogens is 3. The number of hydrogen-bond donors (Lipinski definition) is 1. The number of amides is 1. The zero-order chi connectivity index (χ0) is 22.1. The molecule has 2 atom stereocenters. The van der Waals surface area contributed by atoms with Crippen molar-refractivity contribution in [2.45, 2.75) is 38.3 Å². The average Bonchev–Trinajstić information content (AvgIpc) is 2.65. The van der Waals surface area contributed by atoms with Crippen LogP contribution in [-0.2, 0) is 25.3 Å². The molecule has 0 aliphatic heterocycles. The van der Waals surface area contributed by atoms with Crippen LogP contribution in [0.5, 0.6) is 0 Å². The van der Waals surface area contributed by atoms with Gasteiger partial charge in [-0.05, 0) is 37.8 Å². The number of anilines is 1. The molecular weight excluding hydrogens is 409 g/mol. The summed E-state index contributed by atoms with van der Waals surface area (Å²) in [5.74, 6) is -2.20. The summed E-state index contributed by atoms with van der Waals surface area (Å²) in [6, 6.07) is 1.69. The molecule has 2 bridgehead atoms. The first-order chi connectivity index (χ1) is 14.1. The number of ether oxygens (including phenoxy) is 1. The highest BCUT2D eigenvalue weighted by Crippen LogP contribution is 2.40. The number of carbonyl (C=O) groups is 3. The first-order valence-corrected chi connectivity index (χ1v) is 9.42. The second kappa shape index (κ2) is 8.41. The second-order valence-electron chi connectivity index (χ2n) is 7.54. The Labute approximate surface area is 168 Å². The van der Waals surface area contributed by atoms with E-state index in [-0.39, 0.29) is 17.6 Å². The molecule has 2 aliphatic carbocycles. The Morgan fingerprint density at radius 3 is 2.40 bits per heavy atom. The number of ketones is 1. The number of nitrogens with one attached hydrogen (secondary N) is 1. The van der Waals surface area contributed by atoms with Gasteiger partial charge < -0.3 is 10.1 Å². The number of esters is 1. The zero-order valence-electron chi connectivity index (χ0n) is 15.7. The summed E-state index contributed by atoms with van der Waals surface area (Å²) < 4.78 is 43.2. The SMILES string of the molecule is O=C(COC(=O)C1C[C@H]2CCC[C@H](C1)C2=O)Nc1ccc(C(F)(F)F)cc1[N+](=O)[O-]. The first-order valence-electron chi connectivity index (χ1n) is 9.42. The molecule has 0 unspecified atom stereocenters. The lowest BCUT2D eigenvalue weighted by atomic mass is 9.67. The molecule has 1 amide bonds. The van der Waals surface area contributed by atoms with Gasteiger partial charge in [0.15, 0.2) is 6.61 Å². The highest BCUT2D eigenvalue weighted by molar-refractivity contribution is 5.95. The predicted molar refractivity (Wildman–Crippen MR) is 96.2 cm³/mol. The van der Waals surface area contributed by atoms with Crippen LogP contribution in [-0.4, -0.2) is 29.2 Å². The van der Waals surface area contributed by atoms with E-state index in [9.17, 15) is 37.7 Å². The summed E-state index contributed by atoms with van der Waals surface area (Å²) in [5.41, 5.74) is -2.59. The van der Waals surface area contributed by atoms with Crippen molar-refractivity contribution in [1.82, 2.24) is 0 Å². The molecule has 1 N–H and O–H groups in total. The number of nitrogens with zero attached hydrogens (tertiary/aromatic N) is 1. The molecule has 3 rings (SSSR count). The van der Waals surface area contributed by atoms with Crippen molar-refractivity contribution in [3.05, 3.63) is 33.9 Å². The van der Waals surface area contributed by atoms with Crippen LogP contribution in [0.2, 0.25) is 0 Å². The monoisotopic (exact) mass is 428 g/mol. The van der Waals surface area contributed by atoms with Gasteiger partial charge >= 0.3 is 12.1 Å². The third-order valence-electron chi connectivity index (χ3n) is 5.52. The Balaban J connectivity index is 1.59. The minimum Gasteiger partial charge on any atom is -0.455 e. The highest BCUT2D eigenvalue weighted by atomic mass is 19.4. The van der Waals surface area contributed by atoms with Gasteiger partial charge in [-0.25, -0.2) is 0 Å². The number of carbonyl (C=O) groups excluding carboxylic acids is 3. The zero-order valence-corrected chi connectivity index (χ0v) is 15.7. The molecule has 2 saturated carbocycles. The molecule has 2 fully saturated rings. The van der Waals surface area contributed by atoms with Crippen LogP contribution in [0.15, 0.2) is 18.2 Å². The van der Waals surface area contributed by atoms with Crippen LogP contribution in [0.3, 0.4) is 0 Å². The third-order valence-corrected chi connectivity index (χ3v) is 5.52. The van der Waals surface area contributed by atoms with Gasteiger partial charge in [0.2, 0.25) is 0 Å². The smallest absolute Gasteiger partial charge is 0.416 e. The van der Waals surface area contributed by atoms with Gasteiger partial charge in [0.05, 0.1) is 16.4 Å². The number of Topliss-reactive ketones (excluding diaryl/α,β-unsaturated/α-hetero) is 1. The Kier molecular flexibility index (Phi) is 6.09. The number of nitro groups is 1. The number of hydrogen-bond acceptors (Lipinski definition) is 6. The molecule has 8 nitrogen and oxygen atoms in total. The Hall–Kier alpha value is -2.98. The lowest BCUT2D eigenvalue weighted by molar-refractivity contribution is -0.384. The third kappa shape index (κ3) is 4.77. The number of rotatable bonds is 5. The van der Waals surface area contributed by atoms with Crippen LogP contribution in [0.25, 0.3) is 0 Å². The van der Waals surface area contributed by atoms with Crippen LogP contribution in [0.1, 0.15) is 37.7 Å². The van der Waals surface area contributed by atoms with Gasteiger partial charge in [-0.3, -0.25) is 24.5 Å². The molecule has 0 saturated heterocycles. The van der Waals surface area contributed by atoms with Crippen LogP contribution >= 0.6 is 0 Å². The summed E-state index contributed by atoms with van der Waals surface area (Å²) in [7, 11) is 0. The maximum absolute atomic E-state index is 12.7. The molecule has 1 aromatic carbocycles. The number of alkyl halides is 3. The van der Waals surface area contributed by atoms with Gasteiger partial charge in [0.1, 0.15) is 11.5 Å². The van der Waals surface area contributed by atoms with E-state index in [1.165, 1.54) is 0 Å². The predicted octanol–water partition coefficient (Wildman–Crippen LogP) is 3.49. The van der Waals surface area contributed by atoms with Crippen molar-refractivity contribution in [2.24, 2.45) is 17.8 Å². The molecule has 1 aromatic rings.